The van der Waals surface area contributed by atoms with Crippen molar-refractivity contribution in [3.8, 4) is 11.1 Å². The molecule has 35 heavy (non-hydrogen) atoms. The highest BCUT2D eigenvalue weighted by Crippen LogP contribution is 2.28. The highest BCUT2D eigenvalue weighted by Gasteiger charge is 2.30. The van der Waals surface area contributed by atoms with Gasteiger partial charge >= 0.3 is 11.9 Å². The smallest absolute Gasteiger partial charge is 0.327 e. The largest absolute Gasteiger partial charge is 0.755 e. The molecule has 0 fully saturated rings. The maximum atomic E-state index is 12.5. The van der Waals surface area contributed by atoms with Crippen LogP contribution in [0.3, 0.4) is 0 Å². The lowest BCUT2D eigenvalue weighted by Gasteiger charge is -2.34. The molecule has 0 aliphatic carbocycles. The van der Waals surface area contributed by atoms with Gasteiger partial charge in [0.25, 0.3) is 5.89 Å². The first-order valence-corrected chi connectivity index (χ1v) is 11.8. The minimum Gasteiger partial charge on any atom is -0.755 e. The average molecular weight is 493 g/mol. The third kappa shape index (κ3) is 5.23. The van der Waals surface area contributed by atoms with Gasteiger partial charge in [-0.1, -0.05) is 50.2 Å². The van der Waals surface area contributed by atoms with Crippen LogP contribution in [0.15, 0.2) is 77.2 Å². The molecule has 9 nitrogen and oxygen atoms in total. The van der Waals surface area contributed by atoms with Crippen LogP contribution in [0, 0.1) is 5.92 Å². The van der Waals surface area contributed by atoms with E-state index in [1.807, 2.05) is 6.07 Å². The second kappa shape index (κ2) is 10.1. The van der Waals surface area contributed by atoms with E-state index in [9.17, 15) is 23.5 Å². The van der Waals surface area contributed by atoms with Gasteiger partial charge < -0.3 is 19.4 Å². The molecule has 2 unspecified atom stereocenters. The number of benzene rings is 3. The van der Waals surface area contributed by atoms with Gasteiger partial charge in [-0.3, -0.25) is 13.3 Å². The van der Waals surface area contributed by atoms with Crippen LogP contribution in [0.2, 0.25) is 0 Å². The SMILES string of the molecule is CC(C)C(C(=O)O)N(c1ccc(-c2ccc(NC(=O)c3nc4ccccc4o3)cc2)cc1)S(=O)[O-]. The number of anilines is 2. The van der Waals surface area contributed by atoms with E-state index in [2.05, 4.69) is 10.3 Å². The van der Waals surface area contributed by atoms with Crippen molar-refractivity contribution in [2.45, 2.75) is 19.9 Å². The standard InChI is InChI=1S/C25H23N3O6S/c1-15(2)22(25(30)31)28(35(32)33)19-13-9-17(10-14-19)16-7-11-18(12-8-16)26-23(29)24-27-20-5-3-4-6-21(20)34-24/h3-15,22H,1-2H3,(H,26,29)(H,30,31)(H,32,33)/p-1. The first-order valence-electron chi connectivity index (χ1n) is 10.7. The Bertz CT molecular complexity index is 1350. The van der Waals surface area contributed by atoms with Crippen LogP contribution >= 0.6 is 0 Å². The molecule has 2 atom stereocenters. The zero-order chi connectivity index (χ0) is 25.1. The van der Waals surface area contributed by atoms with Gasteiger partial charge in [0, 0.05) is 22.6 Å². The molecule has 0 saturated carbocycles. The summed E-state index contributed by atoms with van der Waals surface area (Å²) in [5, 5.41) is 12.2. The second-order valence-electron chi connectivity index (χ2n) is 8.14. The molecule has 2 N–H and O–H groups in total. The number of para-hydroxylation sites is 2. The highest BCUT2D eigenvalue weighted by molar-refractivity contribution is 7.80. The molecule has 0 spiro atoms. The van der Waals surface area contributed by atoms with Crippen molar-refractivity contribution in [3.63, 3.8) is 0 Å². The molecule has 0 bridgehead atoms. The van der Waals surface area contributed by atoms with Crippen molar-refractivity contribution in [2.24, 2.45) is 5.92 Å². The Labute approximate surface area is 203 Å². The van der Waals surface area contributed by atoms with Gasteiger partial charge in [-0.25, -0.2) is 9.78 Å². The summed E-state index contributed by atoms with van der Waals surface area (Å²) in [6.07, 6.45) is 0. The number of carbonyl (C=O) groups excluding carboxylic acids is 1. The second-order valence-corrected chi connectivity index (χ2v) is 8.96. The van der Waals surface area contributed by atoms with Gasteiger partial charge in [0.1, 0.15) is 11.6 Å². The Kier molecular flexibility index (Phi) is 6.94. The predicted molar refractivity (Wildman–Crippen MR) is 132 cm³/mol. The fourth-order valence-corrected chi connectivity index (χ4v) is 4.51. The molecule has 0 aliphatic rings. The molecule has 1 heterocycles. The van der Waals surface area contributed by atoms with Gasteiger partial charge in [0.15, 0.2) is 5.58 Å². The Morgan fingerprint density at radius 1 is 1.00 bits per heavy atom. The van der Waals surface area contributed by atoms with Gasteiger partial charge in [-0.05, 0) is 53.4 Å². The Morgan fingerprint density at radius 3 is 2.14 bits per heavy atom. The Morgan fingerprint density at radius 2 is 1.60 bits per heavy atom. The number of carbonyl (C=O) groups is 2. The van der Waals surface area contributed by atoms with E-state index in [1.54, 1.807) is 80.6 Å². The number of nitrogens with zero attached hydrogens (tertiary/aromatic N) is 2. The molecule has 180 valence electrons. The molecule has 4 aromatic rings. The molecule has 10 heteroatoms. The number of rotatable bonds is 8. The van der Waals surface area contributed by atoms with Gasteiger partial charge in [-0.15, -0.1) is 0 Å². The van der Waals surface area contributed by atoms with Crippen molar-refractivity contribution >= 4 is 45.6 Å². The maximum Gasteiger partial charge on any atom is 0.327 e. The van der Waals surface area contributed by atoms with E-state index in [0.29, 0.717) is 16.8 Å². The molecular weight excluding hydrogens is 470 g/mol. The Balaban J connectivity index is 1.49. The number of carboxylic acid groups (broad SMARTS) is 1. The Hall–Kier alpha value is -4.02. The fourth-order valence-electron chi connectivity index (χ4n) is 3.70. The van der Waals surface area contributed by atoms with E-state index < -0.39 is 35.1 Å². The first kappa shape index (κ1) is 24.1. The van der Waals surface area contributed by atoms with Crippen molar-refractivity contribution in [1.29, 1.82) is 0 Å². The van der Waals surface area contributed by atoms with Crippen LogP contribution in [0.25, 0.3) is 22.2 Å². The molecule has 3 aromatic carbocycles. The van der Waals surface area contributed by atoms with Gasteiger partial charge in [-0.2, -0.15) is 0 Å². The van der Waals surface area contributed by atoms with Crippen LogP contribution in [0.1, 0.15) is 24.5 Å². The van der Waals surface area contributed by atoms with Gasteiger partial charge in [0.2, 0.25) is 0 Å². The summed E-state index contributed by atoms with van der Waals surface area (Å²) < 4.78 is 29.9. The minimum atomic E-state index is -2.76. The monoisotopic (exact) mass is 492 g/mol. The third-order valence-corrected chi connectivity index (χ3v) is 6.14. The molecule has 0 aliphatic heterocycles. The first-order chi connectivity index (χ1) is 16.7. The number of hydrogen-bond donors (Lipinski definition) is 2. The number of carboxylic acids is 1. The van der Waals surface area contributed by atoms with E-state index in [1.165, 1.54) is 0 Å². The van der Waals surface area contributed by atoms with Crippen LogP contribution in [-0.4, -0.2) is 36.8 Å². The molecule has 4 rings (SSSR count). The normalized spacial score (nSPS) is 12.9. The molecule has 0 saturated heterocycles. The molecular formula is C25H22N3O6S-. The summed E-state index contributed by atoms with van der Waals surface area (Å²) in [5.41, 5.74) is 3.54. The van der Waals surface area contributed by atoms with Crippen LogP contribution in [-0.2, 0) is 16.1 Å². The number of amides is 1. The zero-order valence-corrected chi connectivity index (χ0v) is 19.7. The number of aliphatic carboxylic acids is 1. The number of nitrogens with one attached hydrogen (secondary N) is 1. The summed E-state index contributed by atoms with van der Waals surface area (Å²) in [6.45, 7) is 3.30. The van der Waals surface area contributed by atoms with E-state index >= 15 is 0 Å². The highest BCUT2D eigenvalue weighted by atomic mass is 32.2. The van der Waals surface area contributed by atoms with Crippen LogP contribution in [0.5, 0.6) is 0 Å². The van der Waals surface area contributed by atoms with E-state index in [4.69, 9.17) is 4.42 Å². The fraction of sp³-hybridized carbons (Fsp3) is 0.160. The molecule has 1 aromatic heterocycles. The van der Waals surface area contributed by atoms with E-state index in [0.717, 1.165) is 15.4 Å². The third-order valence-electron chi connectivity index (χ3n) is 5.38. The summed E-state index contributed by atoms with van der Waals surface area (Å²) in [4.78, 5) is 28.3. The molecule has 1 amide bonds. The van der Waals surface area contributed by atoms with Crippen molar-refractivity contribution in [3.05, 3.63) is 78.7 Å². The predicted octanol–water partition coefficient (Wildman–Crippen LogP) is 4.46. The number of aromatic nitrogens is 1. The summed E-state index contributed by atoms with van der Waals surface area (Å²) in [7, 11) is 0. The van der Waals surface area contributed by atoms with Crippen molar-refractivity contribution < 1.29 is 27.9 Å². The number of oxazole rings is 1. The maximum absolute atomic E-state index is 12.5. The van der Waals surface area contributed by atoms with Crippen LogP contribution < -0.4 is 9.62 Å². The van der Waals surface area contributed by atoms with Crippen molar-refractivity contribution in [2.75, 3.05) is 9.62 Å². The zero-order valence-electron chi connectivity index (χ0n) is 18.9. The molecule has 0 radical (unpaired) electrons. The van der Waals surface area contributed by atoms with Gasteiger partial charge in [0.05, 0.1) is 0 Å². The number of hydrogen-bond acceptors (Lipinski definition) is 6. The summed E-state index contributed by atoms with van der Waals surface area (Å²) >= 11 is -2.76. The lowest BCUT2D eigenvalue weighted by atomic mass is 10.0. The topological polar surface area (TPSA) is 136 Å². The van der Waals surface area contributed by atoms with Crippen LogP contribution in [0.4, 0.5) is 11.4 Å². The average Bonchev–Trinajstić information content (AvgIpc) is 3.27. The number of fused-ring (bicyclic) bond motifs is 1. The van der Waals surface area contributed by atoms with Crippen molar-refractivity contribution in [1.82, 2.24) is 4.98 Å². The summed E-state index contributed by atoms with van der Waals surface area (Å²) in [5.74, 6) is -2.15. The minimum absolute atomic E-state index is 0.0350. The quantitative estimate of drug-likeness (QED) is 0.347. The lowest BCUT2D eigenvalue weighted by Crippen LogP contribution is -2.45. The summed E-state index contributed by atoms with van der Waals surface area (Å²) in [6, 6.07) is 19.5. The van der Waals surface area contributed by atoms with E-state index in [-0.39, 0.29) is 11.6 Å². The lowest BCUT2D eigenvalue weighted by molar-refractivity contribution is -0.139.